The van der Waals surface area contributed by atoms with Crippen LogP contribution >= 0.6 is 27.7 Å². The number of hydrogen-bond acceptors (Lipinski definition) is 6. The summed E-state index contributed by atoms with van der Waals surface area (Å²) in [7, 11) is 0. The van der Waals surface area contributed by atoms with Gasteiger partial charge >= 0.3 is 5.97 Å². The van der Waals surface area contributed by atoms with Gasteiger partial charge in [-0.05, 0) is 31.2 Å². The maximum Gasteiger partial charge on any atom is 0.306 e. The fraction of sp³-hybridized carbons (Fsp3) is 0.308. The fourth-order valence-corrected chi connectivity index (χ4v) is 2.38. The molecule has 7 heteroatoms. The van der Waals surface area contributed by atoms with Crippen LogP contribution in [0, 0.1) is 0 Å². The smallest absolute Gasteiger partial charge is 0.306 e. The van der Waals surface area contributed by atoms with Crippen LogP contribution < -0.4 is 0 Å². The molecule has 2 aromatic rings. The Morgan fingerprint density at radius 3 is 2.80 bits per heavy atom. The number of rotatable bonds is 6. The first-order valence-electron chi connectivity index (χ1n) is 6.07. The second-order valence-corrected chi connectivity index (χ2v) is 5.75. The average Bonchev–Trinajstić information content (AvgIpc) is 2.89. The van der Waals surface area contributed by atoms with Gasteiger partial charge in [-0.1, -0.05) is 27.7 Å². The Morgan fingerprint density at radius 2 is 2.10 bits per heavy atom. The van der Waals surface area contributed by atoms with Crippen LogP contribution in [0.1, 0.15) is 13.3 Å². The van der Waals surface area contributed by atoms with Gasteiger partial charge in [-0.25, -0.2) is 0 Å². The molecule has 0 saturated carbocycles. The molecule has 0 atom stereocenters. The van der Waals surface area contributed by atoms with Gasteiger partial charge in [0.05, 0.1) is 13.0 Å². The molecule has 20 heavy (non-hydrogen) atoms. The van der Waals surface area contributed by atoms with Gasteiger partial charge in [0.1, 0.15) is 0 Å². The highest BCUT2D eigenvalue weighted by Gasteiger charge is 2.10. The number of nitrogens with zero attached hydrogens (tertiary/aromatic N) is 2. The summed E-state index contributed by atoms with van der Waals surface area (Å²) >= 11 is 4.71. The Hall–Kier alpha value is -1.34. The van der Waals surface area contributed by atoms with Gasteiger partial charge in [-0.2, -0.15) is 0 Å². The maximum absolute atomic E-state index is 11.2. The molecule has 0 fully saturated rings. The molecular formula is C13H13BrN2O3S. The summed E-state index contributed by atoms with van der Waals surface area (Å²) in [6.07, 6.45) is 0.328. The number of thioether (sulfide) groups is 1. The number of carbonyl (C=O) groups is 1. The van der Waals surface area contributed by atoms with Gasteiger partial charge in [0.2, 0.25) is 5.89 Å². The van der Waals surface area contributed by atoms with Crippen molar-refractivity contribution in [1.29, 1.82) is 0 Å². The molecule has 0 radical (unpaired) electrons. The van der Waals surface area contributed by atoms with Crippen molar-refractivity contribution in [2.75, 3.05) is 12.4 Å². The number of ether oxygens (including phenoxy) is 1. The highest BCUT2D eigenvalue weighted by Crippen LogP contribution is 2.24. The lowest BCUT2D eigenvalue weighted by Crippen LogP contribution is -2.04. The van der Waals surface area contributed by atoms with Crippen LogP contribution in [0.15, 0.2) is 38.4 Å². The minimum Gasteiger partial charge on any atom is -0.466 e. The predicted octanol–water partition coefficient (Wildman–Crippen LogP) is 3.54. The van der Waals surface area contributed by atoms with Crippen LogP contribution in [0.2, 0.25) is 0 Å². The van der Waals surface area contributed by atoms with E-state index in [4.69, 9.17) is 9.15 Å². The Bertz CT molecular complexity index is 571. The minimum absolute atomic E-state index is 0.215. The second kappa shape index (κ2) is 7.44. The molecule has 0 amide bonds. The van der Waals surface area contributed by atoms with E-state index < -0.39 is 0 Å². The topological polar surface area (TPSA) is 65.2 Å². The first kappa shape index (κ1) is 15.1. The van der Waals surface area contributed by atoms with Crippen LogP contribution in [-0.2, 0) is 9.53 Å². The van der Waals surface area contributed by atoms with Crippen molar-refractivity contribution in [3.63, 3.8) is 0 Å². The summed E-state index contributed by atoms with van der Waals surface area (Å²) in [6.45, 7) is 2.19. The van der Waals surface area contributed by atoms with Crippen molar-refractivity contribution in [3.8, 4) is 11.5 Å². The van der Waals surface area contributed by atoms with Crippen LogP contribution in [0.3, 0.4) is 0 Å². The van der Waals surface area contributed by atoms with E-state index in [9.17, 15) is 4.79 Å². The number of benzene rings is 1. The molecule has 0 unspecified atom stereocenters. The van der Waals surface area contributed by atoms with E-state index in [1.807, 2.05) is 24.3 Å². The highest BCUT2D eigenvalue weighted by molar-refractivity contribution is 9.10. The molecule has 1 heterocycles. The van der Waals surface area contributed by atoms with E-state index in [1.165, 1.54) is 11.8 Å². The third-order valence-corrected chi connectivity index (χ3v) is 3.68. The minimum atomic E-state index is -0.215. The van der Waals surface area contributed by atoms with E-state index in [2.05, 4.69) is 26.1 Å². The largest absolute Gasteiger partial charge is 0.466 e. The van der Waals surface area contributed by atoms with Crippen molar-refractivity contribution in [3.05, 3.63) is 28.7 Å². The maximum atomic E-state index is 11.2. The summed E-state index contributed by atoms with van der Waals surface area (Å²) in [5.74, 6) is 0.810. The summed E-state index contributed by atoms with van der Waals surface area (Å²) in [5, 5.41) is 8.37. The van der Waals surface area contributed by atoms with Crippen LogP contribution in [-0.4, -0.2) is 28.5 Å². The van der Waals surface area contributed by atoms with E-state index in [0.29, 0.717) is 29.9 Å². The SMILES string of the molecule is CCOC(=O)CCSc1nnc(-c2ccc(Br)cc2)o1. The standard InChI is InChI=1S/C13H13BrN2O3S/c1-2-18-11(17)7-8-20-13-16-15-12(19-13)9-3-5-10(14)6-4-9/h3-6H,2,7-8H2,1H3. The van der Waals surface area contributed by atoms with Crippen molar-refractivity contribution < 1.29 is 13.9 Å². The molecule has 0 saturated heterocycles. The molecule has 2 rings (SSSR count). The normalized spacial score (nSPS) is 10.5. The number of hydrogen-bond donors (Lipinski definition) is 0. The third kappa shape index (κ3) is 4.35. The quantitative estimate of drug-likeness (QED) is 0.582. The molecule has 106 valence electrons. The zero-order valence-electron chi connectivity index (χ0n) is 10.8. The Labute approximate surface area is 129 Å². The first-order valence-corrected chi connectivity index (χ1v) is 7.84. The molecule has 0 aliphatic rings. The molecule has 0 bridgehead atoms. The van der Waals surface area contributed by atoms with E-state index in [1.54, 1.807) is 6.92 Å². The lowest BCUT2D eigenvalue weighted by molar-refractivity contribution is -0.142. The van der Waals surface area contributed by atoms with Gasteiger partial charge in [-0.15, -0.1) is 10.2 Å². The first-order chi connectivity index (χ1) is 9.69. The van der Waals surface area contributed by atoms with Crippen LogP contribution in [0.5, 0.6) is 0 Å². The number of halogens is 1. The Balaban J connectivity index is 1.89. The predicted molar refractivity (Wildman–Crippen MR) is 79.4 cm³/mol. The van der Waals surface area contributed by atoms with Crippen molar-refractivity contribution in [2.24, 2.45) is 0 Å². The summed E-state index contributed by atoms with van der Waals surface area (Å²) in [5.41, 5.74) is 0.859. The molecule has 0 aliphatic heterocycles. The lowest BCUT2D eigenvalue weighted by atomic mass is 10.2. The van der Waals surface area contributed by atoms with Gasteiger partial charge in [0.25, 0.3) is 5.22 Å². The van der Waals surface area contributed by atoms with E-state index in [0.717, 1.165) is 10.0 Å². The third-order valence-electron chi connectivity index (χ3n) is 2.33. The summed E-state index contributed by atoms with van der Waals surface area (Å²) in [4.78, 5) is 11.2. The molecule has 5 nitrogen and oxygen atoms in total. The molecule has 1 aromatic carbocycles. The van der Waals surface area contributed by atoms with Crippen LogP contribution in [0.25, 0.3) is 11.5 Å². The monoisotopic (exact) mass is 356 g/mol. The van der Waals surface area contributed by atoms with Crippen molar-refractivity contribution in [2.45, 2.75) is 18.6 Å². The van der Waals surface area contributed by atoms with Crippen molar-refractivity contribution in [1.82, 2.24) is 10.2 Å². The zero-order chi connectivity index (χ0) is 14.4. The Morgan fingerprint density at radius 1 is 1.35 bits per heavy atom. The highest BCUT2D eigenvalue weighted by atomic mass is 79.9. The second-order valence-electron chi connectivity index (χ2n) is 3.78. The molecule has 0 N–H and O–H groups in total. The van der Waals surface area contributed by atoms with Gasteiger partial charge in [0.15, 0.2) is 0 Å². The number of esters is 1. The van der Waals surface area contributed by atoms with Gasteiger partial charge in [-0.3, -0.25) is 4.79 Å². The molecule has 0 spiro atoms. The lowest BCUT2D eigenvalue weighted by Gasteiger charge is -1.99. The zero-order valence-corrected chi connectivity index (χ0v) is 13.2. The van der Waals surface area contributed by atoms with Crippen LogP contribution in [0.4, 0.5) is 0 Å². The summed E-state index contributed by atoms with van der Waals surface area (Å²) < 4.78 is 11.4. The average molecular weight is 357 g/mol. The Kier molecular flexibility index (Phi) is 5.60. The fourth-order valence-electron chi connectivity index (χ4n) is 1.43. The van der Waals surface area contributed by atoms with Gasteiger partial charge < -0.3 is 9.15 Å². The molecule has 0 aliphatic carbocycles. The van der Waals surface area contributed by atoms with Crippen molar-refractivity contribution >= 4 is 33.7 Å². The van der Waals surface area contributed by atoms with Gasteiger partial charge in [0, 0.05) is 15.8 Å². The molecule has 1 aromatic heterocycles. The van der Waals surface area contributed by atoms with E-state index in [-0.39, 0.29) is 5.97 Å². The summed E-state index contributed by atoms with van der Waals surface area (Å²) in [6, 6.07) is 7.61. The van der Waals surface area contributed by atoms with E-state index >= 15 is 0 Å². The number of aromatic nitrogens is 2. The molecular weight excluding hydrogens is 344 g/mol. The number of carbonyl (C=O) groups excluding carboxylic acids is 1.